The first kappa shape index (κ1) is 17.9. The van der Waals surface area contributed by atoms with E-state index in [1.165, 1.54) is 0 Å². The fourth-order valence-corrected chi connectivity index (χ4v) is 2.40. The van der Waals surface area contributed by atoms with Crippen LogP contribution in [0.2, 0.25) is 0 Å². The summed E-state index contributed by atoms with van der Waals surface area (Å²) in [5.41, 5.74) is 5.68. The Labute approximate surface area is 127 Å². The standard InChI is InChI=1S/C15H28N4O2/c1-2-14(13-17)12-15(20)19(5-3-4-16)7-6-18-8-10-21-11-9-18/h14H,2-3,5-13,17H2,1H3. The Morgan fingerprint density at radius 1 is 1.43 bits per heavy atom. The number of nitrogens with zero attached hydrogens (tertiary/aromatic N) is 3. The van der Waals surface area contributed by atoms with Crippen LogP contribution >= 0.6 is 0 Å². The number of hydrogen-bond acceptors (Lipinski definition) is 5. The van der Waals surface area contributed by atoms with Gasteiger partial charge in [0.2, 0.25) is 5.91 Å². The van der Waals surface area contributed by atoms with E-state index in [1.807, 2.05) is 4.90 Å². The molecule has 21 heavy (non-hydrogen) atoms. The van der Waals surface area contributed by atoms with Gasteiger partial charge in [0.1, 0.15) is 0 Å². The maximum atomic E-state index is 12.4. The Morgan fingerprint density at radius 3 is 2.71 bits per heavy atom. The molecular weight excluding hydrogens is 268 g/mol. The molecule has 1 aliphatic heterocycles. The normalized spacial score (nSPS) is 17.2. The molecule has 1 aliphatic rings. The van der Waals surface area contributed by atoms with Crippen LogP contribution in [-0.2, 0) is 9.53 Å². The minimum atomic E-state index is 0.121. The van der Waals surface area contributed by atoms with Crippen molar-refractivity contribution in [2.45, 2.75) is 26.2 Å². The van der Waals surface area contributed by atoms with E-state index in [0.29, 0.717) is 32.5 Å². The van der Waals surface area contributed by atoms with E-state index >= 15 is 0 Å². The van der Waals surface area contributed by atoms with Crippen LogP contribution in [0.4, 0.5) is 0 Å². The molecule has 0 saturated carbocycles. The first-order valence-corrected chi connectivity index (χ1v) is 7.86. The molecule has 0 aromatic rings. The van der Waals surface area contributed by atoms with Crippen LogP contribution in [0.1, 0.15) is 26.2 Å². The van der Waals surface area contributed by atoms with Gasteiger partial charge in [0.25, 0.3) is 0 Å². The molecule has 0 aromatic heterocycles. The number of morpholine rings is 1. The molecule has 0 spiro atoms. The molecule has 1 saturated heterocycles. The van der Waals surface area contributed by atoms with Crippen LogP contribution in [-0.4, -0.2) is 68.2 Å². The van der Waals surface area contributed by atoms with Gasteiger partial charge in [0.15, 0.2) is 0 Å². The van der Waals surface area contributed by atoms with E-state index in [9.17, 15) is 4.79 Å². The molecule has 1 amide bonds. The summed E-state index contributed by atoms with van der Waals surface area (Å²) >= 11 is 0. The number of amides is 1. The molecule has 2 N–H and O–H groups in total. The third-order valence-corrected chi connectivity index (χ3v) is 4.01. The summed E-state index contributed by atoms with van der Waals surface area (Å²) in [7, 11) is 0. The Kier molecular flexibility index (Phi) is 8.99. The van der Waals surface area contributed by atoms with Gasteiger partial charge in [-0.2, -0.15) is 5.26 Å². The zero-order valence-electron chi connectivity index (χ0n) is 13.1. The van der Waals surface area contributed by atoms with Crippen molar-refractivity contribution < 1.29 is 9.53 Å². The Hall–Kier alpha value is -1.16. The lowest BCUT2D eigenvalue weighted by molar-refractivity contribution is -0.132. The van der Waals surface area contributed by atoms with Crippen molar-refractivity contribution in [3.05, 3.63) is 0 Å². The minimum Gasteiger partial charge on any atom is -0.379 e. The fourth-order valence-electron chi connectivity index (χ4n) is 2.40. The van der Waals surface area contributed by atoms with Crippen molar-refractivity contribution in [2.75, 3.05) is 52.5 Å². The SMILES string of the molecule is CCC(CN)CC(=O)N(CCC#N)CCN1CCOCC1. The predicted octanol–water partition coefficient (Wildman–Crippen LogP) is 0.436. The van der Waals surface area contributed by atoms with E-state index in [1.54, 1.807) is 0 Å². The van der Waals surface area contributed by atoms with Crippen LogP contribution in [0.3, 0.4) is 0 Å². The third kappa shape index (κ3) is 6.89. The lowest BCUT2D eigenvalue weighted by atomic mass is 10.0. The lowest BCUT2D eigenvalue weighted by Gasteiger charge is -2.30. The van der Waals surface area contributed by atoms with E-state index < -0.39 is 0 Å². The van der Waals surface area contributed by atoms with Gasteiger partial charge in [0, 0.05) is 39.1 Å². The summed E-state index contributed by atoms with van der Waals surface area (Å²) in [5, 5.41) is 8.75. The second-order valence-electron chi connectivity index (χ2n) is 5.46. The second kappa shape index (κ2) is 10.6. The van der Waals surface area contributed by atoms with Gasteiger partial charge in [-0.1, -0.05) is 13.3 Å². The van der Waals surface area contributed by atoms with Crippen LogP contribution in [0.5, 0.6) is 0 Å². The highest BCUT2D eigenvalue weighted by atomic mass is 16.5. The number of ether oxygens (including phenoxy) is 1. The molecule has 1 rings (SSSR count). The number of rotatable bonds is 9. The molecule has 0 radical (unpaired) electrons. The van der Waals surface area contributed by atoms with E-state index in [-0.39, 0.29) is 11.8 Å². The first-order chi connectivity index (χ1) is 10.2. The molecule has 1 unspecified atom stereocenters. The van der Waals surface area contributed by atoms with Gasteiger partial charge < -0.3 is 15.4 Å². The molecule has 0 bridgehead atoms. The highest BCUT2D eigenvalue weighted by Gasteiger charge is 2.19. The molecule has 1 atom stereocenters. The summed E-state index contributed by atoms with van der Waals surface area (Å²) in [4.78, 5) is 16.5. The molecule has 0 aromatic carbocycles. The molecular formula is C15H28N4O2. The van der Waals surface area contributed by atoms with Crippen LogP contribution in [0.25, 0.3) is 0 Å². The average Bonchev–Trinajstić information content (AvgIpc) is 2.53. The molecule has 6 heteroatoms. The van der Waals surface area contributed by atoms with Crippen LogP contribution in [0.15, 0.2) is 0 Å². The number of hydrogen-bond donors (Lipinski definition) is 1. The van der Waals surface area contributed by atoms with Crippen LogP contribution < -0.4 is 5.73 Å². The molecule has 1 heterocycles. The zero-order chi connectivity index (χ0) is 15.5. The van der Waals surface area contributed by atoms with Crippen molar-refractivity contribution in [1.82, 2.24) is 9.80 Å². The first-order valence-electron chi connectivity index (χ1n) is 7.86. The third-order valence-electron chi connectivity index (χ3n) is 4.01. The number of carbonyl (C=O) groups is 1. The molecule has 120 valence electrons. The molecule has 0 aliphatic carbocycles. The number of carbonyl (C=O) groups excluding carboxylic acids is 1. The predicted molar refractivity (Wildman–Crippen MR) is 81.5 cm³/mol. The Bertz CT molecular complexity index is 333. The Morgan fingerprint density at radius 2 is 2.14 bits per heavy atom. The maximum Gasteiger partial charge on any atom is 0.222 e. The number of nitrogens with two attached hydrogens (primary N) is 1. The fraction of sp³-hybridized carbons (Fsp3) is 0.867. The summed E-state index contributed by atoms with van der Waals surface area (Å²) in [5.74, 6) is 0.362. The van der Waals surface area contributed by atoms with Crippen molar-refractivity contribution >= 4 is 5.91 Å². The quantitative estimate of drug-likeness (QED) is 0.667. The number of nitriles is 1. The monoisotopic (exact) mass is 296 g/mol. The maximum absolute atomic E-state index is 12.4. The van der Waals surface area contributed by atoms with E-state index in [2.05, 4.69) is 17.9 Å². The topological polar surface area (TPSA) is 82.6 Å². The van der Waals surface area contributed by atoms with Crippen molar-refractivity contribution in [2.24, 2.45) is 11.7 Å². The summed E-state index contributed by atoms with van der Waals surface area (Å²) in [6.45, 7) is 7.99. The summed E-state index contributed by atoms with van der Waals surface area (Å²) < 4.78 is 5.32. The highest BCUT2D eigenvalue weighted by Crippen LogP contribution is 2.10. The second-order valence-corrected chi connectivity index (χ2v) is 5.46. The highest BCUT2D eigenvalue weighted by molar-refractivity contribution is 5.76. The average molecular weight is 296 g/mol. The zero-order valence-corrected chi connectivity index (χ0v) is 13.1. The van der Waals surface area contributed by atoms with Gasteiger partial charge in [-0.3, -0.25) is 9.69 Å². The van der Waals surface area contributed by atoms with Crippen molar-refractivity contribution in [3.8, 4) is 6.07 Å². The van der Waals surface area contributed by atoms with Gasteiger partial charge in [-0.25, -0.2) is 0 Å². The van der Waals surface area contributed by atoms with Crippen LogP contribution in [0, 0.1) is 17.2 Å². The summed E-state index contributed by atoms with van der Waals surface area (Å²) in [6, 6.07) is 2.12. The largest absolute Gasteiger partial charge is 0.379 e. The summed E-state index contributed by atoms with van der Waals surface area (Å²) in [6.07, 6.45) is 1.79. The van der Waals surface area contributed by atoms with Gasteiger partial charge in [-0.15, -0.1) is 0 Å². The molecule has 6 nitrogen and oxygen atoms in total. The van der Waals surface area contributed by atoms with Gasteiger partial charge in [0.05, 0.1) is 25.7 Å². The molecule has 1 fully saturated rings. The Balaban J connectivity index is 2.45. The van der Waals surface area contributed by atoms with Crippen molar-refractivity contribution in [3.63, 3.8) is 0 Å². The van der Waals surface area contributed by atoms with E-state index in [0.717, 1.165) is 39.3 Å². The lowest BCUT2D eigenvalue weighted by Crippen LogP contribution is -2.43. The van der Waals surface area contributed by atoms with Gasteiger partial charge in [-0.05, 0) is 12.5 Å². The van der Waals surface area contributed by atoms with Gasteiger partial charge >= 0.3 is 0 Å². The van der Waals surface area contributed by atoms with E-state index in [4.69, 9.17) is 15.7 Å². The van der Waals surface area contributed by atoms with Crippen molar-refractivity contribution in [1.29, 1.82) is 5.26 Å². The smallest absolute Gasteiger partial charge is 0.222 e. The minimum absolute atomic E-state index is 0.121.